The average Bonchev–Trinajstić information content (AvgIpc) is 2.25. The van der Waals surface area contributed by atoms with E-state index in [9.17, 15) is 9.90 Å². The highest BCUT2D eigenvalue weighted by Gasteiger charge is 2.22. The van der Waals surface area contributed by atoms with Gasteiger partial charge in [-0.3, -0.25) is 4.79 Å². The molecule has 1 aromatic rings. The van der Waals surface area contributed by atoms with E-state index in [1.807, 2.05) is 12.1 Å². The number of rotatable bonds is 3. The summed E-state index contributed by atoms with van der Waals surface area (Å²) in [5, 5.41) is 10.4. The molecular weight excluding hydrogens is 292 g/mol. The molecular formula is C15H21BrO2. The number of carbonyl (C=O) groups excluding carboxylic acids is 1. The van der Waals surface area contributed by atoms with Crippen LogP contribution in [0.5, 0.6) is 0 Å². The number of alkyl halides is 1. The zero-order valence-electron chi connectivity index (χ0n) is 11.7. The summed E-state index contributed by atoms with van der Waals surface area (Å²) in [5.74, 6) is 0.0339. The maximum absolute atomic E-state index is 11.8. The van der Waals surface area contributed by atoms with E-state index < -0.39 is 5.60 Å². The van der Waals surface area contributed by atoms with Crippen LogP contribution in [0.3, 0.4) is 0 Å². The van der Waals surface area contributed by atoms with E-state index >= 15 is 0 Å². The van der Waals surface area contributed by atoms with E-state index in [2.05, 4.69) is 36.7 Å². The van der Waals surface area contributed by atoms with Crippen LogP contribution in [0.2, 0.25) is 0 Å². The van der Waals surface area contributed by atoms with Gasteiger partial charge in [0, 0.05) is 5.56 Å². The van der Waals surface area contributed by atoms with Crippen molar-refractivity contribution in [3.05, 3.63) is 34.9 Å². The Balaban J connectivity index is 3.44. The predicted molar refractivity (Wildman–Crippen MR) is 78.5 cm³/mol. The summed E-state index contributed by atoms with van der Waals surface area (Å²) in [7, 11) is 0. The summed E-state index contributed by atoms with van der Waals surface area (Å²) in [5.41, 5.74) is 1.49. The second-order valence-corrected chi connectivity index (χ2v) is 6.73. The van der Waals surface area contributed by atoms with Crippen molar-refractivity contribution in [3.63, 3.8) is 0 Å². The number of hydrogen-bond acceptors (Lipinski definition) is 2. The highest BCUT2D eigenvalue weighted by atomic mass is 79.9. The summed E-state index contributed by atoms with van der Waals surface area (Å²) in [6, 6.07) is 5.67. The molecule has 0 aromatic heterocycles. The van der Waals surface area contributed by atoms with E-state index in [0.717, 1.165) is 11.1 Å². The number of Topliss-reactive ketones (excluding diaryl/α,β-unsaturated/α-hetero) is 1. The van der Waals surface area contributed by atoms with Gasteiger partial charge in [0.25, 0.3) is 0 Å². The van der Waals surface area contributed by atoms with Crippen molar-refractivity contribution in [2.24, 2.45) is 0 Å². The van der Waals surface area contributed by atoms with Crippen molar-refractivity contribution in [1.82, 2.24) is 0 Å². The van der Waals surface area contributed by atoms with Gasteiger partial charge in [-0.25, -0.2) is 0 Å². The van der Waals surface area contributed by atoms with E-state index in [0.29, 0.717) is 10.9 Å². The monoisotopic (exact) mass is 312 g/mol. The Morgan fingerprint density at radius 1 is 1.11 bits per heavy atom. The van der Waals surface area contributed by atoms with Crippen LogP contribution >= 0.6 is 15.9 Å². The van der Waals surface area contributed by atoms with E-state index in [-0.39, 0.29) is 11.2 Å². The third-order valence-corrected chi connectivity index (χ3v) is 3.46. The van der Waals surface area contributed by atoms with Gasteiger partial charge >= 0.3 is 0 Å². The molecule has 3 heteroatoms. The molecule has 18 heavy (non-hydrogen) atoms. The molecule has 2 nitrogen and oxygen atoms in total. The molecule has 0 spiro atoms. The van der Waals surface area contributed by atoms with Gasteiger partial charge in [-0.05, 0) is 42.5 Å². The summed E-state index contributed by atoms with van der Waals surface area (Å²) in [4.78, 5) is 11.8. The van der Waals surface area contributed by atoms with Gasteiger partial charge in [0.15, 0.2) is 5.78 Å². The number of halogens is 1. The van der Waals surface area contributed by atoms with Crippen LogP contribution in [0.25, 0.3) is 0 Å². The molecule has 0 fully saturated rings. The van der Waals surface area contributed by atoms with Crippen molar-refractivity contribution in [2.45, 2.75) is 45.6 Å². The lowest BCUT2D eigenvalue weighted by atomic mass is 9.82. The van der Waals surface area contributed by atoms with Crippen LogP contribution in [0.1, 0.15) is 56.1 Å². The molecule has 0 atom stereocenters. The van der Waals surface area contributed by atoms with Crippen molar-refractivity contribution in [3.8, 4) is 0 Å². The minimum absolute atomic E-state index is 0.0339. The van der Waals surface area contributed by atoms with Gasteiger partial charge in [-0.2, -0.15) is 0 Å². The quantitative estimate of drug-likeness (QED) is 0.681. The molecule has 0 unspecified atom stereocenters. The van der Waals surface area contributed by atoms with E-state index in [4.69, 9.17) is 0 Å². The van der Waals surface area contributed by atoms with Gasteiger partial charge in [0.05, 0.1) is 10.9 Å². The molecule has 1 aromatic carbocycles. The van der Waals surface area contributed by atoms with Crippen LogP contribution in [0.15, 0.2) is 18.2 Å². The van der Waals surface area contributed by atoms with Crippen LogP contribution in [-0.2, 0) is 11.0 Å². The normalized spacial score (nSPS) is 12.6. The topological polar surface area (TPSA) is 37.3 Å². The Hall–Kier alpha value is -0.670. The molecule has 0 amide bonds. The number of aliphatic hydroxyl groups is 1. The van der Waals surface area contributed by atoms with Crippen molar-refractivity contribution in [2.75, 3.05) is 5.33 Å². The van der Waals surface area contributed by atoms with E-state index in [1.165, 1.54) is 0 Å². The van der Waals surface area contributed by atoms with Crippen molar-refractivity contribution in [1.29, 1.82) is 0 Å². The van der Waals surface area contributed by atoms with Crippen molar-refractivity contribution < 1.29 is 9.90 Å². The highest BCUT2D eigenvalue weighted by Crippen LogP contribution is 2.29. The average molecular weight is 313 g/mol. The SMILES string of the molecule is CC(C)(C)c1cc(C(=O)CBr)cc(C(C)(C)O)c1. The lowest BCUT2D eigenvalue weighted by Gasteiger charge is -2.25. The summed E-state index contributed by atoms with van der Waals surface area (Å²) < 4.78 is 0. The predicted octanol–water partition coefficient (Wildman–Crippen LogP) is 3.79. The van der Waals surface area contributed by atoms with Crippen LogP contribution in [-0.4, -0.2) is 16.2 Å². The molecule has 0 radical (unpaired) electrons. The zero-order valence-corrected chi connectivity index (χ0v) is 13.3. The molecule has 0 saturated heterocycles. The second-order valence-electron chi connectivity index (χ2n) is 6.16. The molecule has 100 valence electrons. The number of carbonyl (C=O) groups is 1. The molecule has 1 rings (SSSR count). The molecule has 0 aliphatic rings. The largest absolute Gasteiger partial charge is 0.386 e. The van der Waals surface area contributed by atoms with E-state index in [1.54, 1.807) is 19.9 Å². The first-order chi connectivity index (χ1) is 8.05. The van der Waals surface area contributed by atoms with Crippen LogP contribution in [0, 0.1) is 0 Å². The smallest absolute Gasteiger partial charge is 0.173 e. The minimum Gasteiger partial charge on any atom is -0.386 e. The summed E-state index contributed by atoms with van der Waals surface area (Å²) in [6.07, 6.45) is 0. The zero-order chi connectivity index (χ0) is 14.1. The molecule has 1 N–H and O–H groups in total. The lowest BCUT2D eigenvalue weighted by molar-refractivity contribution is 0.0783. The lowest BCUT2D eigenvalue weighted by Crippen LogP contribution is -2.20. The number of benzene rings is 1. The van der Waals surface area contributed by atoms with Gasteiger partial charge in [-0.15, -0.1) is 0 Å². The van der Waals surface area contributed by atoms with Gasteiger partial charge < -0.3 is 5.11 Å². The minimum atomic E-state index is -0.942. The highest BCUT2D eigenvalue weighted by molar-refractivity contribution is 9.09. The summed E-state index contributed by atoms with van der Waals surface area (Å²) in [6.45, 7) is 9.75. The summed E-state index contributed by atoms with van der Waals surface area (Å²) >= 11 is 3.19. The third-order valence-electron chi connectivity index (χ3n) is 2.95. The Labute approximate surface area is 118 Å². The number of hydrogen-bond donors (Lipinski definition) is 1. The maximum atomic E-state index is 11.8. The Morgan fingerprint density at radius 2 is 1.61 bits per heavy atom. The fourth-order valence-corrected chi connectivity index (χ4v) is 1.98. The standard InChI is InChI=1S/C15H21BrO2/c1-14(2,3)11-6-10(13(17)9-16)7-12(8-11)15(4,5)18/h6-8,18H,9H2,1-5H3. The maximum Gasteiger partial charge on any atom is 0.173 e. The fraction of sp³-hybridized carbons (Fsp3) is 0.533. The van der Waals surface area contributed by atoms with Crippen molar-refractivity contribution >= 4 is 21.7 Å². The Morgan fingerprint density at radius 3 is 2.00 bits per heavy atom. The second kappa shape index (κ2) is 5.14. The van der Waals surface area contributed by atoms with Gasteiger partial charge in [0.1, 0.15) is 0 Å². The van der Waals surface area contributed by atoms with Crippen LogP contribution < -0.4 is 0 Å². The Kier molecular flexibility index (Phi) is 4.39. The molecule has 0 heterocycles. The number of ketones is 1. The first-order valence-electron chi connectivity index (χ1n) is 6.03. The Bertz CT molecular complexity index is 418. The fourth-order valence-electron chi connectivity index (χ4n) is 1.65. The molecule has 0 saturated carbocycles. The first-order valence-corrected chi connectivity index (χ1v) is 7.15. The molecule has 0 bridgehead atoms. The molecule has 0 aliphatic carbocycles. The molecule has 0 aliphatic heterocycles. The van der Waals surface area contributed by atoms with Gasteiger partial charge in [-0.1, -0.05) is 42.8 Å². The van der Waals surface area contributed by atoms with Gasteiger partial charge in [0.2, 0.25) is 0 Å². The third kappa shape index (κ3) is 3.66. The first kappa shape index (κ1) is 15.4. The van der Waals surface area contributed by atoms with Crippen LogP contribution in [0.4, 0.5) is 0 Å².